The Hall–Kier alpha value is -3.68. The SMILES string of the molecule is C[C@]12C=CC(=O)C=C1[C@@H](F)C[C@H]1[C@@H]3C[C@H]4O[C@@H](Cc5ccc(C#Cc6cccc(N)c6)cc5)O[C@@]4(C(=O)CO)[C@@]3(C)C[C@H](O)[C@@]12F. The first-order valence-electron chi connectivity index (χ1n) is 15.8. The Morgan fingerprint density at radius 1 is 1.09 bits per heavy atom. The molecule has 1 heterocycles. The summed E-state index contributed by atoms with van der Waals surface area (Å²) >= 11 is 0. The predicted octanol–water partition coefficient (Wildman–Crippen LogP) is 4.18. The highest BCUT2D eigenvalue weighted by Crippen LogP contribution is 2.72. The predicted molar refractivity (Wildman–Crippen MR) is 166 cm³/mol. The molecule has 3 saturated carbocycles. The van der Waals surface area contributed by atoms with E-state index in [2.05, 4.69) is 11.8 Å². The number of nitrogens with two attached hydrogens (primary N) is 1. The van der Waals surface area contributed by atoms with Crippen LogP contribution < -0.4 is 5.73 Å². The van der Waals surface area contributed by atoms with Gasteiger partial charge in [-0.25, -0.2) is 8.78 Å². The molecular formula is C37H37F2NO6. The Kier molecular flexibility index (Phi) is 7.18. The van der Waals surface area contributed by atoms with E-state index in [1.165, 1.54) is 19.1 Å². The largest absolute Gasteiger partial charge is 0.399 e. The van der Waals surface area contributed by atoms with E-state index in [1.54, 1.807) is 19.1 Å². The van der Waals surface area contributed by atoms with Crippen LogP contribution in [-0.4, -0.2) is 64.3 Å². The van der Waals surface area contributed by atoms with Crippen LogP contribution in [0.25, 0.3) is 0 Å². The van der Waals surface area contributed by atoms with Crippen LogP contribution in [0.2, 0.25) is 0 Å². The fourth-order valence-corrected chi connectivity index (χ4v) is 9.41. The van der Waals surface area contributed by atoms with Gasteiger partial charge in [-0.1, -0.05) is 43.0 Å². The Bertz CT molecular complexity index is 1730. The number of hydrogen-bond donors (Lipinski definition) is 3. The molecule has 1 aliphatic heterocycles. The number of ketones is 2. The van der Waals surface area contributed by atoms with E-state index >= 15 is 8.78 Å². The number of anilines is 1. The van der Waals surface area contributed by atoms with Crippen molar-refractivity contribution in [2.24, 2.45) is 22.7 Å². The van der Waals surface area contributed by atoms with Gasteiger partial charge in [-0.05, 0) is 85.7 Å². The number of nitrogen functional groups attached to an aromatic ring is 1. The van der Waals surface area contributed by atoms with Gasteiger partial charge in [0.2, 0.25) is 0 Å². The van der Waals surface area contributed by atoms with Crippen molar-refractivity contribution in [3.05, 3.63) is 89.0 Å². The van der Waals surface area contributed by atoms with Crippen LogP contribution in [0.15, 0.2) is 72.3 Å². The van der Waals surface area contributed by atoms with Crippen LogP contribution in [0.4, 0.5) is 14.5 Å². The third-order valence-corrected chi connectivity index (χ3v) is 11.6. The zero-order chi connectivity index (χ0) is 32.6. The van der Waals surface area contributed by atoms with Crippen LogP contribution in [0, 0.1) is 34.5 Å². The first kappa shape index (κ1) is 30.9. The van der Waals surface area contributed by atoms with Gasteiger partial charge >= 0.3 is 0 Å². The second-order valence-electron chi connectivity index (χ2n) is 13.9. The molecule has 2 aromatic rings. The Morgan fingerprint density at radius 2 is 1.83 bits per heavy atom. The average Bonchev–Trinajstić information content (AvgIpc) is 3.50. The van der Waals surface area contributed by atoms with E-state index in [0.717, 1.165) is 22.8 Å². The number of alkyl halides is 2. The van der Waals surface area contributed by atoms with Gasteiger partial charge in [0.05, 0.1) is 12.2 Å². The van der Waals surface area contributed by atoms with Gasteiger partial charge in [-0.3, -0.25) is 9.59 Å². The maximum absolute atomic E-state index is 17.5. The Labute approximate surface area is 266 Å². The third-order valence-electron chi connectivity index (χ3n) is 11.6. The Morgan fingerprint density at radius 3 is 2.54 bits per heavy atom. The van der Waals surface area contributed by atoms with Crippen LogP contribution in [0.3, 0.4) is 0 Å². The summed E-state index contributed by atoms with van der Waals surface area (Å²) in [7, 11) is 0. The lowest BCUT2D eigenvalue weighted by Crippen LogP contribution is -2.71. The average molecular weight is 630 g/mol. The van der Waals surface area contributed by atoms with Crippen LogP contribution in [0.1, 0.15) is 49.8 Å². The Balaban J connectivity index is 1.15. The number of benzene rings is 2. The van der Waals surface area contributed by atoms with Crippen LogP contribution >= 0.6 is 0 Å². The zero-order valence-electron chi connectivity index (χ0n) is 25.7. The maximum atomic E-state index is 17.5. The third kappa shape index (κ3) is 4.24. The minimum atomic E-state index is -2.29. The molecule has 240 valence electrons. The molecule has 5 aliphatic rings. The second kappa shape index (κ2) is 10.7. The van der Waals surface area contributed by atoms with Gasteiger partial charge in [-0.15, -0.1) is 0 Å². The molecule has 0 bridgehead atoms. The summed E-state index contributed by atoms with van der Waals surface area (Å²) in [5.41, 5.74) is 2.35. The van der Waals surface area contributed by atoms with Gasteiger partial charge in [0, 0.05) is 40.0 Å². The van der Waals surface area contributed by atoms with E-state index in [4.69, 9.17) is 15.2 Å². The summed E-state index contributed by atoms with van der Waals surface area (Å²) < 4.78 is 46.2. The summed E-state index contributed by atoms with van der Waals surface area (Å²) in [6.45, 7) is 2.49. The number of halogens is 2. The fourth-order valence-electron chi connectivity index (χ4n) is 9.41. The van der Waals surface area contributed by atoms with Gasteiger partial charge < -0.3 is 25.4 Å². The van der Waals surface area contributed by atoms with Crippen molar-refractivity contribution in [3.63, 3.8) is 0 Å². The lowest BCUT2D eigenvalue weighted by Gasteiger charge is -2.63. The molecule has 0 spiro atoms. The standard InChI is InChI=1S/C37H37F2NO6/c1-34-13-12-25(42)16-28(34)29(38)17-27-26-18-32-37(31(44)20-41,35(26,2)19-30(43)36(27,34)39)46-33(45-32)15-23-10-7-21(8-11-23)6-9-22-4-3-5-24(40)14-22/h3-5,7-8,10-14,16,26-27,29-30,32-33,41,43H,15,17-20,40H2,1-2H3/t26-,27-,29-,30-,32+,33+,34-,35-,36-,37+/m0/s1. The molecule has 0 radical (unpaired) electrons. The molecule has 4 aliphatic carbocycles. The first-order chi connectivity index (χ1) is 21.9. The minimum absolute atomic E-state index is 0.0371. The highest BCUT2D eigenvalue weighted by Gasteiger charge is 2.79. The summed E-state index contributed by atoms with van der Waals surface area (Å²) in [5.74, 6) is 3.61. The number of Topliss-reactive ketones (excluding diaryl/α,β-unsaturated/α-hetero) is 1. The summed E-state index contributed by atoms with van der Waals surface area (Å²) in [6, 6.07) is 14.9. The fraction of sp³-hybridized carbons (Fsp3) is 0.459. The van der Waals surface area contributed by atoms with Gasteiger partial charge in [0.25, 0.3) is 0 Å². The molecule has 4 fully saturated rings. The highest BCUT2D eigenvalue weighted by atomic mass is 19.1. The molecule has 1 saturated heterocycles. The molecule has 7 rings (SSSR count). The number of carbonyl (C=O) groups is 2. The van der Waals surface area contributed by atoms with Crippen molar-refractivity contribution in [2.45, 2.75) is 75.5 Å². The molecule has 10 atom stereocenters. The normalized spacial score (nSPS) is 40.6. The number of aliphatic hydroxyl groups is 2. The van der Waals surface area contributed by atoms with E-state index in [9.17, 15) is 19.8 Å². The van der Waals surface area contributed by atoms with E-state index < -0.39 is 76.8 Å². The topological polar surface area (TPSA) is 119 Å². The maximum Gasteiger partial charge on any atom is 0.193 e. The van der Waals surface area contributed by atoms with Crippen molar-refractivity contribution < 1.29 is 38.1 Å². The van der Waals surface area contributed by atoms with Crippen molar-refractivity contribution in [2.75, 3.05) is 12.3 Å². The van der Waals surface area contributed by atoms with Crippen molar-refractivity contribution in [3.8, 4) is 11.8 Å². The van der Waals surface area contributed by atoms with Crippen LogP contribution in [-0.2, 0) is 25.5 Å². The molecule has 0 amide bonds. The lowest BCUT2D eigenvalue weighted by molar-refractivity contribution is -0.234. The number of hydrogen-bond acceptors (Lipinski definition) is 7. The number of aliphatic hydroxyl groups excluding tert-OH is 2. The van der Waals surface area contributed by atoms with Crippen molar-refractivity contribution >= 4 is 17.3 Å². The second-order valence-corrected chi connectivity index (χ2v) is 13.9. The van der Waals surface area contributed by atoms with E-state index in [1.807, 2.05) is 36.4 Å². The molecule has 7 nitrogen and oxygen atoms in total. The van der Waals surface area contributed by atoms with E-state index in [-0.39, 0.29) is 24.8 Å². The van der Waals surface area contributed by atoms with Gasteiger partial charge in [-0.2, -0.15) is 0 Å². The van der Waals surface area contributed by atoms with Crippen molar-refractivity contribution in [1.82, 2.24) is 0 Å². The molecule has 0 unspecified atom stereocenters. The number of carbonyl (C=O) groups excluding carboxylic acids is 2. The minimum Gasteiger partial charge on any atom is -0.399 e. The van der Waals surface area contributed by atoms with E-state index in [0.29, 0.717) is 12.1 Å². The molecule has 0 aromatic heterocycles. The monoisotopic (exact) mass is 629 g/mol. The lowest BCUT2D eigenvalue weighted by atomic mass is 9.44. The van der Waals surface area contributed by atoms with Crippen molar-refractivity contribution in [1.29, 1.82) is 0 Å². The molecule has 2 aromatic carbocycles. The molecule has 9 heteroatoms. The number of rotatable bonds is 4. The summed E-state index contributed by atoms with van der Waals surface area (Å²) in [6.07, 6.45) is -0.988. The zero-order valence-corrected chi connectivity index (χ0v) is 25.7. The quantitative estimate of drug-likeness (QED) is 0.343. The molecule has 46 heavy (non-hydrogen) atoms. The number of fused-ring (bicyclic) bond motifs is 7. The first-order valence-corrected chi connectivity index (χ1v) is 15.8. The summed E-state index contributed by atoms with van der Waals surface area (Å²) in [5, 5.41) is 21.8. The molecule has 4 N–H and O–H groups in total. The van der Waals surface area contributed by atoms with Crippen LogP contribution in [0.5, 0.6) is 0 Å². The number of ether oxygens (including phenoxy) is 2. The van der Waals surface area contributed by atoms with Gasteiger partial charge in [0.15, 0.2) is 29.1 Å². The summed E-state index contributed by atoms with van der Waals surface area (Å²) in [4.78, 5) is 25.8. The molecular weight excluding hydrogens is 592 g/mol. The smallest absolute Gasteiger partial charge is 0.193 e. The van der Waals surface area contributed by atoms with Gasteiger partial charge in [0.1, 0.15) is 12.8 Å². The number of allylic oxidation sites excluding steroid dienone is 4. The highest BCUT2D eigenvalue weighted by molar-refractivity contribution is 6.01.